The van der Waals surface area contributed by atoms with E-state index in [9.17, 15) is 0 Å². The summed E-state index contributed by atoms with van der Waals surface area (Å²) in [4.78, 5) is 0. The maximum atomic E-state index is 3.85. The van der Waals surface area contributed by atoms with Crippen LogP contribution < -0.4 is 5.32 Å². The summed E-state index contributed by atoms with van der Waals surface area (Å²) in [6, 6.07) is 15.0. The van der Waals surface area contributed by atoms with Gasteiger partial charge in [0.1, 0.15) is 0 Å². The molecule has 1 unspecified atom stereocenters. The smallest absolute Gasteiger partial charge is 0.0328 e. The predicted octanol–water partition coefficient (Wildman–Crippen LogP) is 6.96. The van der Waals surface area contributed by atoms with E-state index in [1.807, 2.05) is 0 Å². The van der Waals surface area contributed by atoms with E-state index < -0.39 is 0 Å². The first-order valence-electron chi connectivity index (χ1n) is 11.3. The van der Waals surface area contributed by atoms with Gasteiger partial charge in [0, 0.05) is 11.5 Å². The highest BCUT2D eigenvalue weighted by Crippen LogP contribution is 2.42. The Balaban J connectivity index is 2.27. The van der Waals surface area contributed by atoms with Gasteiger partial charge in [-0.2, -0.15) is 0 Å². The lowest BCUT2D eigenvalue weighted by Gasteiger charge is -2.39. The summed E-state index contributed by atoms with van der Waals surface area (Å²) in [7, 11) is 0. The van der Waals surface area contributed by atoms with Gasteiger partial charge in [0.05, 0.1) is 0 Å². The second kappa shape index (κ2) is 7.58. The van der Waals surface area contributed by atoms with Crippen LogP contribution in [-0.2, 0) is 16.2 Å². The summed E-state index contributed by atoms with van der Waals surface area (Å²) in [6.45, 7) is 22.0. The largest absolute Gasteiger partial charge is 0.313 e. The van der Waals surface area contributed by atoms with Crippen LogP contribution >= 0.6 is 0 Å². The van der Waals surface area contributed by atoms with Gasteiger partial charge in [0.25, 0.3) is 0 Å². The van der Waals surface area contributed by atoms with E-state index in [2.05, 4.69) is 104 Å². The third-order valence-corrected chi connectivity index (χ3v) is 6.84. The summed E-state index contributed by atoms with van der Waals surface area (Å²) in [5, 5.41) is 3.85. The lowest BCUT2D eigenvalue weighted by Crippen LogP contribution is -2.44. The zero-order chi connectivity index (χ0) is 21.6. The highest BCUT2D eigenvalue weighted by Gasteiger charge is 2.40. The molecule has 2 aromatic carbocycles. The van der Waals surface area contributed by atoms with Gasteiger partial charge in [0.2, 0.25) is 0 Å². The molecule has 1 nitrogen and oxygen atoms in total. The fraction of sp³-hybridized carbons (Fsp3) is 0.571. The molecule has 1 saturated heterocycles. The average Bonchev–Trinajstić information content (AvgIpc) is 3.13. The van der Waals surface area contributed by atoms with Crippen molar-refractivity contribution in [3.8, 4) is 0 Å². The average molecular weight is 392 g/mol. The van der Waals surface area contributed by atoms with E-state index in [1.54, 1.807) is 0 Å². The summed E-state index contributed by atoms with van der Waals surface area (Å²) in [6.07, 6.45) is 2.49. The van der Waals surface area contributed by atoms with Crippen molar-refractivity contribution in [1.29, 1.82) is 0 Å². The molecule has 29 heavy (non-hydrogen) atoms. The molecule has 0 bridgehead atoms. The van der Waals surface area contributed by atoms with Crippen LogP contribution in [0, 0.1) is 13.8 Å². The van der Waals surface area contributed by atoms with Crippen LogP contribution in [0.1, 0.15) is 94.7 Å². The summed E-state index contributed by atoms with van der Waals surface area (Å²) >= 11 is 0. The minimum atomic E-state index is -0.0471. The number of aryl methyl sites for hydroxylation is 2. The molecule has 1 aliphatic rings. The van der Waals surface area contributed by atoms with Crippen LogP contribution in [0.3, 0.4) is 0 Å². The number of nitrogens with one attached hydrogen (secondary N) is 1. The Hall–Kier alpha value is -1.60. The van der Waals surface area contributed by atoms with Crippen LogP contribution in [0.5, 0.6) is 0 Å². The third kappa shape index (κ3) is 4.45. The van der Waals surface area contributed by atoms with Crippen molar-refractivity contribution < 1.29 is 0 Å². The molecular formula is C28H41N. The van der Waals surface area contributed by atoms with Crippen molar-refractivity contribution in [3.05, 3.63) is 69.8 Å². The molecule has 0 spiro atoms. The van der Waals surface area contributed by atoms with E-state index in [0.717, 1.165) is 6.54 Å². The van der Waals surface area contributed by atoms with Gasteiger partial charge >= 0.3 is 0 Å². The van der Waals surface area contributed by atoms with Crippen molar-refractivity contribution >= 4 is 0 Å². The lowest BCUT2D eigenvalue weighted by molar-refractivity contribution is 0.404. The molecule has 3 rings (SSSR count). The van der Waals surface area contributed by atoms with Gasteiger partial charge in [0.15, 0.2) is 0 Å². The topological polar surface area (TPSA) is 12.0 Å². The Morgan fingerprint density at radius 3 is 1.41 bits per heavy atom. The zero-order valence-electron chi connectivity index (χ0n) is 20.2. The summed E-state index contributed by atoms with van der Waals surface area (Å²) in [5.74, 6) is 0. The molecule has 1 aliphatic heterocycles. The molecule has 1 atom stereocenters. The SMILES string of the molecule is Cc1cc(C(C)(C)C)cc(C(C)(c2cc(C)cc(C(C)(C)C)c2)C2CCCN2)c1. The van der Waals surface area contributed by atoms with Crippen molar-refractivity contribution in [1.82, 2.24) is 5.32 Å². The molecule has 1 heterocycles. The Labute approximate surface area is 179 Å². The summed E-state index contributed by atoms with van der Waals surface area (Å²) < 4.78 is 0. The maximum Gasteiger partial charge on any atom is 0.0328 e. The predicted molar refractivity (Wildman–Crippen MR) is 127 cm³/mol. The first-order chi connectivity index (χ1) is 13.3. The Morgan fingerprint density at radius 1 is 0.655 bits per heavy atom. The molecule has 0 radical (unpaired) electrons. The molecule has 0 saturated carbocycles. The first-order valence-corrected chi connectivity index (χ1v) is 11.3. The van der Waals surface area contributed by atoms with E-state index in [0.29, 0.717) is 6.04 Å². The molecule has 2 aromatic rings. The van der Waals surface area contributed by atoms with Crippen molar-refractivity contribution in [2.75, 3.05) is 6.54 Å². The van der Waals surface area contributed by atoms with Crippen molar-refractivity contribution in [2.45, 2.75) is 97.4 Å². The molecule has 0 aromatic heterocycles. The Morgan fingerprint density at radius 2 is 1.07 bits per heavy atom. The minimum Gasteiger partial charge on any atom is -0.313 e. The molecule has 158 valence electrons. The molecule has 1 fully saturated rings. The van der Waals surface area contributed by atoms with E-state index in [4.69, 9.17) is 0 Å². The molecular weight excluding hydrogens is 350 g/mol. The molecule has 1 heteroatoms. The fourth-order valence-electron chi connectivity index (χ4n) is 4.78. The van der Waals surface area contributed by atoms with Gasteiger partial charge in [-0.1, -0.05) is 89.1 Å². The van der Waals surface area contributed by atoms with Gasteiger partial charge < -0.3 is 5.32 Å². The van der Waals surface area contributed by atoms with Crippen molar-refractivity contribution in [3.63, 3.8) is 0 Å². The monoisotopic (exact) mass is 391 g/mol. The van der Waals surface area contributed by atoms with E-state index in [1.165, 1.54) is 46.2 Å². The van der Waals surface area contributed by atoms with E-state index in [-0.39, 0.29) is 16.2 Å². The van der Waals surface area contributed by atoms with Crippen LogP contribution in [0.4, 0.5) is 0 Å². The van der Waals surface area contributed by atoms with Gasteiger partial charge in [-0.15, -0.1) is 0 Å². The first kappa shape index (κ1) is 22.1. The van der Waals surface area contributed by atoms with Gasteiger partial charge in [-0.3, -0.25) is 0 Å². The Kier molecular flexibility index (Phi) is 5.78. The van der Waals surface area contributed by atoms with E-state index >= 15 is 0 Å². The standard InChI is InChI=1S/C28H41N/c1-19-13-21(26(3,4)5)17-23(15-19)28(9,25-11-10-12-29-25)24-16-20(2)14-22(18-24)27(6,7)8/h13-18,25,29H,10-12H2,1-9H3. The number of hydrogen-bond acceptors (Lipinski definition) is 1. The molecule has 1 N–H and O–H groups in total. The summed E-state index contributed by atoms with van der Waals surface area (Å²) in [5.41, 5.74) is 8.73. The van der Waals surface area contributed by atoms with Crippen LogP contribution in [0.2, 0.25) is 0 Å². The fourth-order valence-corrected chi connectivity index (χ4v) is 4.78. The molecule has 0 aliphatic carbocycles. The number of hydrogen-bond donors (Lipinski definition) is 1. The quantitative estimate of drug-likeness (QED) is 0.596. The number of benzene rings is 2. The van der Waals surface area contributed by atoms with Crippen molar-refractivity contribution in [2.24, 2.45) is 0 Å². The molecule has 0 amide bonds. The Bertz CT molecular complexity index is 807. The highest BCUT2D eigenvalue weighted by molar-refractivity contribution is 5.48. The van der Waals surface area contributed by atoms with Crippen LogP contribution in [0.15, 0.2) is 36.4 Å². The highest BCUT2D eigenvalue weighted by atomic mass is 15.0. The van der Waals surface area contributed by atoms with Crippen LogP contribution in [0.25, 0.3) is 0 Å². The van der Waals surface area contributed by atoms with Crippen LogP contribution in [-0.4, -0.2) is 12.6 Å². The minimum absolute atomic E-state index is 0.0471. The van der Waals surface area contributed by atoms with Gasteiger partial charge in [-0.25, -0.2) is 0 Å². The number of rotatable bonds is 3. The maximum absolute atomic E-state index is 3.85. The lowest BCUT2D eigenvalue weighted by atomic mass is 9.67. The normalized spacial score (nSPS) is 18.3. The third-order valence-electron chi connectivity index (χ3n) is 6.84. The van der Waals surface area contributed by atoms with Gasteiger partial charge in [-0.05, 0) is 73.2 Å². The second-order valence-corrected chi connectivity index (χ2v) is 11.5. The second-order valence-electron chi connectivity index (χ2n) is 11.5. The zero-order valence-corrected chi connectivity index (χ0v) is 20.2.